The van der Waals surface area contributed by atoms with Crippen LogP contribution in [0.2, 0.25) is 0 Å². The van der Waals surface area contributed by atoms with Gasteiger partial charge in [0.25, 0.3) is 0 Å². The molecule has 0 aliphatic carbocycles. The van der Waals surface area contributed by atoms with Crippen molar-refractivity contribution in [2.45, 2.75) is 44.8 Å². The first-order valence-electron chi connectivity index (χ1n) is 6.60. The van der Waals surface area contributed by atoms with Crippen LogP contribution >= 0.6 is 10.6 Å². The lowest BCUT2D eigenvalue weighted by Gasteiger charge is -2.49. The molecule has 19 heavy (non-hydrogen) atoms. The molecule has 1 aromatic carbocycles. The summed E-state index contributed by atoms with van der Waals surface area (Å²) >= 11 is 0. The van der Waals surface area contributed by atoms with E-state index in [2.05, 4.69) is 27.7 Å². The molecule has 0 amide bonds. The van der Waals surface area contributed by atoms with Crippen LogP contribution in [0.15, 0.2) is 24.3 Å². The summed E-state index contributed by atoms with van der Waals surface area (Å²) in [6.07, 6.45) is 0. The molecule has 0 heterocycles. The van der Waals surface area contributed by atoms with Gasteiger partial charge >= 0.3 is 0 Å². The van der Waals surface area contributed by atoms with Crippen molar-refractivity contribution in [1.29, 1.82) is 0 Å². The molecule has 0 N–H and O–H groups in total. The van der Waals surface area contributed by atoms with E-state index in [1.54, 1.807) is 14.2 Å². The Kier molecular flexibility index (Phi) is 6.17. The number of hydrogen-bond acceptors (Lipinski definition) is 3. The lowest BCUT2D eigenvalue weighted by molar-refractivity contribution is 0.185. The van der Waals surface area contributed by atoms with E-state index in [4.69, 9.17) is 13.1 Å². The fourth-order valence-corrected chi connectivity index (χ4v) is 4.84. The van der Waals surface area contributed by atoms with Crippen LogP contribution in [-0.4, -0.2) is 24.7 Å². The van der Waals surface area contributed by atoms with Crippen LogP contribution in [0.4, 0.5) is 0 Å². The van der Waals surface area contributed by atoms with E-state index in [1.807, 2.05) is 24.3 Å². The summed E-state index contributed by atoms with van der Waals surface area (Å²) in [6, 6.07) is 8.03. The average molecular weight is 286 g/mol. The minimum absolute atomic E-state index is 0.344. The van der Waals surface area contributed by atoms with Crippen molar-refractivity contribution in [3.63, 3.8) is 0 Å². The highest BCUT2D eigenvalue weighted by molar-refractivity contribution is 8.27. The van der Waals surface area contributed by atoms with Crippen LogP contribution in [-0.2, 0) is 15.5 Å². The number of hydrogen-bond donors (Lipinski definition) is 0. The molecule has 0 fully saturated rings. The van der Waals surface area contributed by atoms with E-state index >= 15 is 0 Å². The third-order valence-electron chi connectivity index (χ3n) is 3.04. The van der Waals surface area contributed by atoms with Crippen molar-refractivity contribution in [2.24, 2.45) is 0 Å². The molecular weight excluding hydrogens is 260 g/mol. The average Bonchev–Trinajstić information content (AvgIpc) is 2.37. The van der Waals surface area contributed by atoms with E-state index in [9.17, 15) is 0 Å². The maximum Gasteiger partial charge on any atom is 0.150 e. The SMILES string of the molecule is COCc1ccc(OS(OC)(C(C)C)C(C)C)cc1. The fourth-order valence-electron chi connectivity index (χ4n) is 2.11. The van der Waals surface area contributed by atoms with Crippen molar-refractivity contribution in [3.8, 4) is 5.75 Å². The van der Waals surface area contributed by atoms with E-state index in [0.29, 0.717) is 17.1 Å². The van der Waals surface area contributed by atoms with Crippen LogP contribution in [0.3, 0.4) is 0 Å². The summed E-state index contributed by atoms with van der Waals surface area (Å²) in [5.41, 5.74) is 1.14. The summed E-state index contributed by atoms with van der Waals surface area (Å²) < 4.78 is 17.1. The molecule has 0 radical (unpaired) electrons. The van der Waals surface area contributed by atoms with Gasteiger partial charge in [-0.05, 0) is 45.4 Å². The Hall–Kier alpha value is -0.710. The molecular formula is C15H26O3S. The van der Waals surface area contributed by atoms with Crippen LogP contribution in [0.25, 0.3) is 0 Å². The highest BCUT2D eigenvalue weighted by atomic mass is 32.3. The standard InChI is InChI=1S/C15H26O3S/c1-12(2)19(17-6,13(3)4)18-15-9-7-14(8-10-15)11-16-5/h7-10,12-13H,11H2,1-6H3. The second kappa shape index (κ2) is 7.17. The van der Waals surface area contributed by atoms with E-state index in [1.165, 1.54) is 0 Å². The summed E-state index contributed by atoms with van der Waals surface area (Å²) in [4.78, 5) is 0. The molecule has 1 aromatic rings. The van der Waals surface area contributed by atoms with Gasteiger partial charge in [0.05, 0.1) is 24.2 Å². The zero-order valence-corrected chi connectivity index (χ0v) is 13.6. The molecule has 0 bridgehead atoms. The Labute approximate surface area is 119 Å². The van der Waals surface area contributed by atoms with Gasteiger partial charge in [0.1, 0.15) is 0 Å². The van der Waals surface area contributed by atoms with Gasteiger partial charge in [0.15, 0.2) is 5.75 Å². The first kappa shape index (κ1) is 16.3. The predicted molar refractivity (Wildman–Crippen MR) is 82.7 cm³/mol. The first-order chi connectivity index (χ1) is 8.96. The number of ether oxygens (including phenoxy) is 1. The largest absolute Gasteiger partial charge is 0.392 e. The van der Waals surface area contributed by atoms with Gasteiger partial charge in [-0.3, -0.25) is 4.18 Å². The summed E-state index contributed by atoms with van der Waals surface area (Å²) in [7, 11) is 1.86. The molecule has 3 nitrogen and oxygen atoms in total. The molecule has 0 atom stereocenters. The van der Waals surface area contributed by atoms with Crippen molar-refractivity contribution in [2.75, 3.05) is 14.2 Å². The molecule has 0 aliphatic heterocycles. The topological polar surface area (TPSA) is 27.7 Å². The quantitative estimate of drug-likeness (QED) is 0.747. The van der Waals surface area contributed by atoms with E-state index in [0.717, 1.165) is 11.3 Å². The third-order valence-corrected chi connectivity index (χ3v) is 6.64. The maximum atomic E-state index is 6.23. The molecule has 0 aliphatic rings. The zero-order chi connectivity index (χ0) is 14.5. The molecule has 0 saturated carbocycles. The minimum Gasteiger partial charge on any atom is -0.392 e. The second-order valence-corrected chi connectivity index (χ2v) is 8.58. The minimum atomic E-state index is -1.58. The summed E-state index contributed by atoms with van der Waals surface area (Å²) in [5.74, 6) is 0.860. The third kappa shape index (κ3) is 3.88. The van der Waals surface area contributed by atoms with Gasteiger partial charge in [-0.15, -0.1) is 10.6 Å². The summed E-state index contributed by atoms with van der Waals surface area (Å²) in [6.45, 7) is 9.23. The van der Waals surface area contributed by atoms with Crippen LogP contribution in [0.1, 0.15) is 33.3 Å². The van der Waals surface area contributed by atoms with Crippen LogP contribution < -0.4 is 4.18 Å². The Morgan fingerprint density at radius 2 is 1.47 bits per heavy atom. The lowest BCUT2D eigenvalue weighted by atomic mass is 10.2. The van der Waals surface area contributed by atoms with Gasteiger partial charge in [-0.25, -0.2) is 0 Å². The van der Waals surface area contributed by atoms with E-state index < -0.39 is 10.6 Å². The first-order valence-corrected chi connectivity index (χ1v) is 8.21. The van der Waals surface area contributed by atoms with Crippen molar-refractivity contribution < 1.29 is 13.1 Å². The smallest absolute Gasteiger partial charge is 0.150 e. The van der Waals surface area contributed by atoms with Crippen LogP contribution in [0.5, 0.6) is 5.75 Å². The Bertz CT molecular complexity index is 365. The number of benzene rings is 1. The van der Waals surface area contributed by atoms with Crippen molar-refractivity contribution in [3.05, 3.63) is 29.8 Å². The Morgan fingerprint density at radius 3 is 1.84 bits per heavy atom. The van der Waals surface area contributed by atoms with Crippen molar-refractivity contribution in [1.82, 2.24) is 0 Å². The maximum absolute atomic E-state index is 6.23. The van der Waals surface area contributed by atoms with Gasteiger partial charge in [0, 0.05) is 7.11 Å². The fraction of sp³-hybridized carbons (Fsp3) is 0.600. The van der Waals surface area contributed by atoms with E-state index in [-0.39, 0.29) is 0 Å². The van der Waals surface area contributed by atoms with Gasteiger partial charge < -0.3 is 8.92 Å². The number of methoxy groups -OCH3 is 1. The summed E-state index contributed by atoms with van der Waals surface area (Å²) in [5, 5.41) is 0.687. The normalized spacial score (nSPS) is 13.1. The predicted octanol–water partition coefficient (Wildman–Crippen LogP) is 4.31. The Balaban J connectivity index is 2.90. The second-order valence-electron chi connectivity index (χ2n) is 5.01. The van der Waals surface area contributed by atoms with Crippen LogP contribution in [0, 0.1) is 0 Å². The lowest BCUT2D eigenvalue weighted by Crippen LogP contribution is -2.27. The molecule has 1 rings (SSSR count). The number of rotatable bonds is 7. The molecule has 4 heteroatoms. The monoisotopic (exact) mass is 286 g/mol. The zero-order valence-electron chi connectivity index (χ0n) is 12.8. The molecule has 110 valence electrons. The van der Waals surface area contributed by atoms with Gasteiger partial charge in [-0.1, -0.05) is 12.1 Å². The highest BCUT2D eigenvalue weighted by Crippen LogP contribution is 2.57. The molecule has 0 saturated heterocycles. The van der Waals surface area contributed by atoms with Crippen molar-refractivity contribution >= 4 is 10.6 Å². The van der Waals surface area contributed by atoms with Gasteiger partial charge in [0.2, 0.25) is 0 Å². The Morgan fingerprint density at radius 1 is 0.947 bits per heavy atom. The molecule has 0 unspecified atom stereocenters. The molecule has 0 aromatic heterocycles. The van der Waals surface area contributed by atoms with Gasteiger partial charge in [-0.2, -0.15) is 0 Å². The molecule has 0 spiro atoms. The highest BCUT2D eigenvalue weighted by Gasteiger charge is 2.29.